The Bertz CT molecular complexity index is 2170. The van der Waals surface area contributed by atoms with Gasteiger partial charge in [0.1, 0.15) is 48.3 Å². The standard InChI is InChI=1S/C52H82N10O13/c1-28(2)23-34(53)45(67)58-36(24-29(3)4)47(69)55-32(9)44(66)57-37(25-30(5)6)48(70)59-38(26-33-15-11-10-12-16-33)50(72)62-22-14-18-40(62)51(73)61-21-13-17-39(61)49(71)56-35(19-20-42(64)65)46(68)54-27-41(63)60-43(31(7)8)52(74)75/h10-12,15-16,28-32,34-40,43H,13-14,17-27,53H2,1-9H3,(H,54,68)(H,55,69)(H,56,71)(H,57,66)(H,58,67)(H,59,70)(H,60,63)(H,64,65)(H,74,75)/t32-,34-,35-,36-,37-,38-,39-,40-,43-/m0/s1. The lowest BCUT2D eigenvalue weighted by atomic mass is 10.00. The van der Waals surface area contributed by atoms with Crippen LogP contribution in [0.4, 0.5) is 0 Å². The summed E-state index contributed by atoms with van der Waals surface area (Å²) in [6, 6.07) is -1.33. The van der Waals surface area contributed by atoms with E-state index in [1.54, 1.807) is 44.2 Å². The van der Waals surface area contributed by atoms with E-state index in [9.17, 15) is 63.0 Å². The number of nitrogens with zero attached hydrogens (tertiary/aromatic N) is 2. The van der Waals surface area contributed by atoms with Crippen molar-refractivity contribution >= 4 is 65.1 Å². The predicted molar refractivity (Wildman–Crippen MR) is 276 cm³/mol. The molecule has 9 atom stereocenters. The van der Waals surface area contributed by atoms with Gasteiger partial charge < -0.3 is 63.0 Å². The molecular weight excluding hydrogens is 973 g/mol. The lowest BCUT2D eigenvalue weighted by molar-refractivity contribution is -0.148. The van der Waals surface area contributed by atoms with Gasteiger partial charge in [-0.15, -0.1) is 0 Å². The fraction of sp³-hybridized carbons (Fsp3) is 0.673. The monoisotopic (exact) mass is 1050 g/mol. The smallest absolute Gasteiger partial charge is 0.326 e. The van der Waals surface area contributed by atoms with Crippen LogP contribution in [-0.2, 0) is 59.2 Å². The third-order valence-corrected chi connectivity index (χ3v) is 13.0. The molecule has 2 aliphatic heterocycles. The number of carboxylic acids is 2. The van der Waals surface area contributed by atoms with Gasteiger partial charge >= 0.3 is 11.9 Å². The van der Waals surface area contributed by atoms with Gasteiger partial charge in [0.15, 0.2) is 0 Å². The quantitative estimate of drug-likeness (QED) is 0.0517. The van der Waals surface area contributed by atoms with Gasteiger partial charge in [-0.2, -0.15) is 0 Å². The summed E-state index contributed by atoms with van der Waals surface area (Å²) in [6.45, 7) is 15.5. The summed E-state index contributed by atoms with van der Waals surface area (Å²) in [6.07, 6.45) is 1.14. The van der Waals surface area contributed by atoms with E-state index >= 15 is 0 Å². The molecule has 3 rings (SSSR count). The number of rotatable bonds is 29. The molecule has 418 valence electrons. The SMILES string of the molecule is CC(C)C[C@H](NC(=O)[C@H](C)NC(=O)[C@H](CC(C)C)NC(=O)[C@@H](N)CC(C)C)C(=O)N[C@@H](Cc1ccccc1)C(=O)N1CCC[C@H]1C(=O)N1CCC[C@H]1C(=O)N[C@@H](CCC(=O)O)C(=O)NCC(=O)N[C@H](C(=O)O)C(C)C. The number of amides is 9. The molecule has 0 spiro atoms. The van der Waals surface area contributed by atoms with Crippen LogP contribution in [0.5, 0.6) is 0 Å². The molecule has 0 radical (unpaired) electrons. The van der Waals surface area contributed by atoms with E-state index < -0.39 is 138 Å². The number of carbonyl (C=O) groups excluding carboxylic acids is 9. The number of aliphatic carboxylic acids is 2. The Morgan fingerprint density at radius 1 is 0.600 bits per heavy atom. The van der Waals surface area contributed by atoms with Crippen LogP contribution in [0.3, 0.4) is 0 Å². The highest BCUT2D eigenvalue weighted by Gasteiger charge is 2.44. The van der Waals surface area contributed by atoms with Gasteiger partial charge in [-0.3, -0.25) is 47.9 Å². The first-order valence-electron chi connectivity index (χ1n) is 26.1. The summed E-state index contributed by atoms with van der Waals surface area (Å²) in [5, 5.41) is 37.0. The molecule has 0 saturated carbocycles. The number of carboxylic acid groups (broad SMARTS) is 2. The number of nitrogens with two attached hydrogens (primary N) is 1. The Hall–Kier alpha value is -6.65. The van der Waals surface area contributed by atoms with Crippen LogP contribution >= 0.6 is 0 Å². The molecule has 2 aliphatic rings. The van der Waals surface area contributed by atoms with Crippen molar-refractivity contribution in [3.05, 3.63) is 35.9 Å². The average Bonchev–Trinajstić information content (AvgIpc) is 4.04. The van der Waals surface area contributed by atoms with Gasteiger partial charge in [0.05, 0.1) is 12.6 Å². The van der Waals surface area contributed by atoms with E-state index in [1.807, 2.05) is 41.5 Å². The molecule has 1 aromatic carbocycles. The summed E-state index contributed by atoms with van der Waals surface area (Å²) in [7, 11) is 0. The summed E-state index contributed by atoms with van der Waals surface area (Å²) in [5.74, 6) is -9.09. The van der Waals surface area contributed by atoms with Gasteiger partial charge in [-0.05, 0) is 87.5 Å². The minimum Gasteiger partial charge on any atom is -0.481 e. The number of hydrogen-bond acceptors (Lipinski definition) is 12. The topological polar surface area (TPSA) is 345 Å². The third kappa shape index (κ3) is 20.2. The molecule has 2 fully saturated rings. The van der Waals surface area contributed by atoms with Crippen LogP contribution < -0.4 is 43.0 Å². The third-order valence-electron chi connectivity index (χ3n) is 13.0. The van der Waals surface area contributed by atoms with Crippen LogP contribution in [0, 0.1) is 23.7 Å². The van der Waals surface area contributed by atoms with Gasteiger partial charge in [-0.25, -0.2) is 4.79 Å². The Kier molecular flexibility index (Phi) is 25.1. The summed E-state index contributed by atoms with van der Waals surface area (Å²) in [4.78, 5) is 149. The summed E-state index contributed by atoms with van der Waals surface area (Å²) >= 11 is 0. The highest BCUT2D eigenvalue weighted by molar-refractivity contribution is 5.98. The van der Waals surface area contributed by atoms with Crippen LogP contribution in [0.15, 0.2) is 30.3 Å². The van der Waals surface area contributed by atoms with Crippen molar-refractivity contribution in [3.63, 3.8) is 0 Å². The van der Waals surface area contributed by atoms with Gasteiger partial charge in [-0.1, -0.05) is 85.7 Å². The van der Waals surface area contributed by atoms with E-state index in [0.29, 0.717) is 24.8 Å². The van der Waals surface area contributed by atoms with E-state index in [1.165, 1.54) is 16.7 Å². The number of hydrogen-bond donors (Lipinski definition) is 10. The molecule has 23 nitrogen and oxygen atoms in total. The van der Waals surface area contributed by atoms with Crippen LogP contribution in [-0.4, -0.2) is 159 Å². The molecule has 9 amide bonds. The van der Waals surface area contributed by atoms with Crippen molar-refractivity contribution in [3.8, 4) is 0 Å². The normalized spacial score (nSPS) is 18.3. The van der Waals surface area contributed by atoms with Gasteiger partial charge in [0.25, 0.3) is 0 Å². The van der Waals surface area contributed by atoms with E-state index in [4.69, 9.17) is 5.73 Å². The Morgan fingerprint density at radius 2 is 1.13 bits per heavy atom. The Morgan fingerprint density at radius 3 is 1.68 bits per heavy atom. The fourth-order valence-electron chi connectivity index (χ4n) is 9.11. The average molecular weight is 1060 g/mol. The van der Waals surface area contributed by atoms with Gasteiger partial charge in [0, 0.05) is 25.9 Å². The van der Waals surface area contributed by atoms with E-state index in [2.05, 4.69) is 37.2 Å². The maximum absolute atomic E-state index is 14.8. The van der Waals surface area contributed by atoms with Crippen molar-refractivity contribution in [1.82, 2.24) is 47.0 Å². The molecule has 0 aromatic heterocycles. The first-order valence-corrected chi connectivity index (χ1v) is 26.1. The zero-order chi connectivity index (χ0) is 56.3. The molecule has 23 heteroatoms. The van der Waals surface area contributed by atoms with E-state index in [0.717, 1.165) is 0 Å². The van der Waals surface area contributed by atoms with E-state index in [-0.39, 0.29) is 69.4 Å². The first kappa shape index (κ1) is 62.6. The Balaban J connectivity index is 1.80. The molecule has 11 N–H and O–H groups in total. The Labute approximate surface area is 439 Å². The second kappa shape index (κ2) is 30.0. The molecule has 2 heterocycles. The second-order valence-electron chi connectivity index (χ2n) is 21.3. The van der Waals surface area contributed by atoms with Crippen molar-refractivity contribution in [2.75, 3.05) is 19.6 Å². The fourth-order valence-corrected chi connectivity index (χ4v) is 9.11. The maximum Gasteiger partial charge on any atom is 0.326 e. The van der Waals surface area contributed by atoms with Crippen LogP contribution in [0.1, 0.15) is 126 Å². The minimum absolute atomic E-state index is 0.00341. The zero-order valence-electron chi connectivity index (χ0n) is 44.9. The first-order chi connectivity index (χ1) is 35.2. The van der Waals surface area contributed by atoms with Crippen molar-refractivity contribution in [2.24, 2.45) is 29.4 Å². The van der Waals surface area contributed by atoms with Crippen LogP contribution in [0.25, 0.3) is 0 Å². The molecule has 0 aliphatic carbocycles. The molecule has 1 aromatic rings. The maximum atomic E-state index is 14.8. The highest BCUT2D eigenvalue weighted by atomic mass is 16.4. The lowest BCUT2D eigenvalue weighted by Gasteiger charge is -2.34. The molecule has 2 saturated heterocycles. The van der Waals surface area contributed by atoms with Crippen molar-refractivity contribution in [1.29, 1.82) is 0 Å². The second-order valence-corrected chi connectivity index (χ2v) is 21.3. The molecular formula is C52H82N10O13. The van der Waals surface area contributed by atoms with Crippen molar-refractivity contribution < 1.29 is 63.0 Å². The lowest BCUT2D eigenvalue weighted by Crippen LogP contribution is -2.60. The number of benzene rings is 1. The summed E-state index contributed by atoms with van der Waals surface area (Å²) in [5.41, 5.74) is 6.77. The van der Waals surface area contributed by atoms with Gasteiger partial charge in [0.2, 0.25) is 53.2 Å². The number of carbonyl (C=O) groups is 11. The highest BCUT2D eigenvalue weighted by Crippen LogP contribution is 2.27. The zero-order valence-corrected chi connectivity index (χ0v) is 44.9. The minimum atomic E-state index is -1.45. The molecule has 0 unspecified atom stereocenters. The summed E-state index contributed by atoms with van der Waals surface area (Å²) < 4.78 is 0. The van der Waals surface area contributed by atoms with Crippen LogP contribution in [0.2, 0.25) is 0 Å². The predicted octanol–water partition coefficient (Wildman–Crippen LogP) is 0.327. The molecule has 0 bridgehead atoms. The number of nitrogens with one attached hydrogen (secondary N) is 7. The number of likely N-dealkylation sites (tertiary alicyclic amines) is 2. The largest absolute Gasteiger partial charge is 0.481 e. The molecule has 75 heavy (non-hydrogen) atoms. The van der Waals surface area contributed by atoms with Crippen molar-refractivity contribution in [2.45, 2.75) is 181 Å².